The second kappa shape index (κ2) is 9.37. The van der Waals surface area contributed by atoms with E-state index in [0.29, 0.717) is 31.5 Å². The molecule has 1 heterocycles. The third-order valence-corrected chi connectivity index (χ3v) is 4.87. The summed E-state index contributed by atoms with van der Waals surface area (Å²) in [5, 5.41) is 2.70. The van der Waals surface area contributed by atoms with E-state index in [9.17, 15) is 18.8 Å². The van der Waals surface area contributed by atoms with Crippen LogP contribution in [-0.2, 0) is 9.53 Å². The summed E-state index contributed by atoms with van der Waals surface area (Å²) < 4.78 is 18.5. The fraction of sp³-hybridized carbons (Fsp3) is 0.591. The number of ketones is 1. The van der Waals surface area contributed by atoms with E-state index >= 15 is 0 Å². The molecule has 0 spiro atoms. The predicted octanol–water partition coefficient (Wildman–Crippen LogP) is 3.80. The second-order valence-electron chi connectivity index (χ2n) is 8.92. The zero-order chi connectivity index (χ0) is 21.8. The number of alkyl carbamates (subject to hydrolysis) is 1. The molecule has 1 aromatic rings. The minimum atomic E-state index is -0.873. The molecule has 0 radical (unpaired) electrons. The fourth-order valence-electron chi connectivity index (χ4n) is 3.31. The van der Waals surface area contributed by atoms with Crippen molar-refractivity contribution in [2.75, 3.05) is 13.1 Å². The summed E-state index contributed by atoms with van der Waals surface area (Å²) in [6.07, 6.45) is -0.435. The van der Waals surface area contributed by atoms with Gasteiger partial charge in [-0.2, -0.15) is 0 Å². The van der Waals surface area contributed by atoms with Crippen molar-refractivity contribution < 1.29 is 23.5 Å². The largest absolute Gasteiger partial charge is 0.436 e. The van der Waals surface area contributed by atoms with Crippen LogP contribution < -0.4 is 5.32 Å². The molecule has 160 valence electrons. The highest BCUT2D eigenvalue weighted by Crippen LogP contribution is 2.24. The summed E-state index contributed by atoms with van der Waals surface area (Å²) >= 11 is 0. The molecule has 1 saturated heterocycles. The minimum Gasteiger partial charge on any atom is -0.436 e. The third-order valence-electron chi connectivity index (χ3n) is 4.87. The van der Waals surface area contributed by atoms with Gasteiger partial charge in [-0.1, -0.05) is 13.8 Å². The molecule has 6 nitrogen and oxygen atoms in total. The Labute approximate surface area is 171 Å². The van der Waals surface area contributed by atoms with Crippen molar-refractivity contribution >= 4 is 17.8 Å². The number of carbonyl (C=O) groups excluding carboxylic acids is 3. The van der Waals surface area contributed by atoms with E-state index in [0.717, 1.165) is 0 Å². The summed E-state index contributed by atoms with van der Waals surface area (Å²) in [4.78, 5) is 39.3. The Morgan fingerprint density at radius 2 is 1.66 bits per heavy atom. The number of nitrogens with one attached hydrogen (secondary N) is 1. The van der Waals surface area contributed by atoms with Crippen molar-refractivity contribution in [2.45, 2.75) is 59.1 Å². The number of Topliss-reactive ketones (excluding diaryl/α,β-unsaturated/α-hetero) is 1. The van der Waals surface area contributed by atoms with Gasteiger partial charge in [0.05, 0.1) is 0 Å². The Morgan fingerprint density at radius 3 is 2.14 bits per heavy atom. The number of carbonyl (C=O) groups is 3. The normalized spacial score (nSPS) is 16.4. The number of piperidine rings is 1. The van der Waals surface area contributed by atoms with Gasteiger partial charge in [-0.05, 0) is 63.8 Å². The van der Waals surface area contributed by atoms with Crippen LogP contribution in [0.3, 0.4) is 0 Å². The molecule has 1 N–H and O–H groups in total. The molecular formula is C22H31FN2O4. The van der Waals surface area contributed by atoms with E-state index in [1.807, 2.05) is 34.6 Å². The van der Waals surface area contributed by atoms with Crippen LogP contribution in [0.15, 0.2) is 24.3 Å². The van der Waals surface area contributed by atoms with Gasteiger partial charge in [-0.3, -0.25) is 9.59 Å². The number of hydrogen-bond donors (Lipinski definition) is 1. The number of halogens is 1. The van der Waals surface area contributed by atoms with Gasteiger partial charge >= 0.3 is 6.09 Å². The van der Waals surface area contributed by atoms with E-state index in [4.69, 9.17) is 4.74 Å². The molecule has 2 rings (SSSR count). The molecule has 29 heavy (non-hydrogen) atoms. The Kier molecular flexibility index (Phi) is 7.38. The molecule has 1 atom stereocenters. The van der Waals surface area contributed by atoms with Crippen molar-refractivity contribution in [3.63, 3.8) is 0 Å². The molecule has 0 bridgehead atoms. The van der Waals surface area contributed by atoms with Crippen LogP contribution in [0.1, 0.15) is 57.8 Å². The summed E-state index contributed by atoms with van der Waals surface area (Å²) in [7, 11) is 0. The van der Waals surface area contributed by atoms with E-state index in [1.54, 1.807) is 4.90 Å². The van der Waals surface area contributed by atoms with Crippen molar-refractivity contribution in [1.29, 1.82) is 0 Å². The van der Waals surface area contributed by atoms with Crippen LogP contribution in [0.5, 0.6) is 0 Å². The Balaban J connectivity index is 1.95. The van der Waals surface area contributed by atoms with E-state index < -0.39 is 17.7 Å². The topological polar surface area (TPSA) is 75.7 Å². The lowest BCUT2D eigenvalue weighted by atomic mass is 9.88. The van der Waals surface area contributed by atoms with Crippen LogP contribution in [0.2, 0.25) is 0 Å². The molecule has 1 fully saturated rings. The average Bonchev–Trinajstić information content (AvgIpc) is 2.64. The van der Waals surface area contributed by atoms with Crippen LogP contribution >= 0.6 is 0 Å². The monoisotopic (exact) mass is 406 g/mol. The van der Waals surface area contributed by atoms with Gasteiger partial charge < -0.3 is 15.0 Å². The van der Waals surface area contributed by atoms with Crippen molar-refractivity contribution in [2.24, 2.45) is 11.8 Å². The van der Waals surface area contributed by atoms with Gasteiger partial charge in [0, 0.05) is 30.1 Å². The Hall–Kier alpha value is -2.44. The highest BCUT2D eigenvalue weighted by atomic mass is 19.1. The molecule has 1 aliphatic rings. The quantitative estimate of drug-likeness (QED) is 0.755. The highest BCUT2D eigenvalue weighted by Gasteiger charge is 2.35. The first-order valence-corrected chi connectivity index (χ1v) is 10.1. The molecule has 2 amide bonds. The van der Waals surface area contributed by atoms with Crippen LogP contribution in [0.25, 0.3) is 0 Å². The molecule has 1 aliphatic heterocycles. The Morgan fingerprint density at radius 1 is 1.10 bits per heavy atom. The molecule has 0 aromatic heterocycles. The predicted molar refractivity (Wildman–Crippen MR) is 108 cm³/mol. The lowest BCUT2D eigenvalue weighted by Crippen LogP contribution is -2.50. The molecular weight excluding hydrogens is 375 g/mol. The average molecular weight is 406 g/mol. The van der Waals surface area contributed by atoms with Crippen LogP contribution in [0.4, 0.5) is 9.18 Å². The molecule has 0 unspecified atom stereocenters. The number of amides is 2. The summed E-state index contributed by atoms with van der Waals surface area (Å²) in [5.74, 6) is -1.02. The van der Waals surface area contributed by atoms with Gasteiger partial charge in [0.15, 0.2) is 11.9 Å². The third kappa shape index (κ3) is 6.54. The van der Waals surface area contributed by atoms with Crippen molar-refractivity contribution in [3.8, 4) is 0 Å². The Bertz CT molecular complexity index is 732. The van der Waals surface area contributed by atoms with Gasteiger partial charge in [0.2, 0.25) is 0 Å². The van der Waals surface area contributed by atoms with E-state index in [1.165, 1.54) is 24.3 Å². The zero-order valence-electron chi connectivity index (χ0n) is 17.8. The minimum absolute atomic E-state index is 0.0293. The van der Waals surface area contributed by atoms with Crippen LogP contribution in [-0.4, -0.2) is 47.4 Å². The van der Waals surface area contributed by atoms with Gasteiger partial charge in [-0.25, -0.2) is 9.18 Å². The number of likely N-dealkylation sites (tertiary alicyclic amines) is 1. The smallest absolute Gasteiger partial charge is 0.408 e. The number of hydrogen-bond acceptors (Lipinski definition) is 4. The number of rotatable bonds is 5. The fourth-order valence-corrected chi connectivity index (χ4v) is 3.31. The molecule has 0 aliphatic carbocycles. The maximum atomic E-state index is 13.1. The lowest BCUT2D eigenvalue weighted by molar-refractivity contribution is -0.144. The molecule has 7 heteroatoms. The van der Waals surface area contributed by atoms with Crippen molar-refractivity contribution in [1.82, 2.24) is 10.2 Å². The SMILES string of the molecule is CC(C)[C@H](OC(=O)NC(C)(C)C)C(=O)N1CCC(C(=O)c2ccc(F)cc2)CC1. The standard InChI is InChI=1S/C22H31FN2O4/c1-14(2)19(29-21(28)24-22(3,4)5)20(27)25-12-10-16(11-13-25)18(26)15-6-8-17(23)9-7-15/h6-9,14,16,19H,10-13H2,1-5H3,(H,24,28)/t19-/m0/s1. The van der Waals surface area contributed by atoms with Gasteiger partial charge in [0.1, 0.15) is 5.82 Å². The van der Waals surface area contributed by atoms with Gasteiger partial charge in [-0.15, -0.1) is 0 Å². The van der Waals surface area contributed by atoms with Crippen molar-refractivity contribution in [3.05, 3.63) is 35.6 Å². The first-order valence-electron chi connectivity index (χ1n) is 10.1. The zero-order valence-corrected chi connectivity index (χ0v) is 17.8. The van der Waals surface area contributed by atoms with Gasteiger partial charge in [0.25, 0.3) is 5.91 Å². The molecule has 0 saturated carbocycles. The van der Waals surface area contributed by atoms with E-state index in [-0.39, 0.29) is 29.3 Å². The summed E-state index contributed by atoms with van der Waals surface area (Å²) in [5.41, 5.74) is 0.0270. The molecule has 1 aromatic carbocycles. The number of ether oxygens (including phenoxy) is 1. The maximum absolute atomic E-state index is 13.1. The first-order chi connectivity index (χ1) is 13.5. The number of nitrogens with zero attached hydrogens (tertiary/aromatic N) is 1. The number of benzene rings is 1. The van der Waals surface area contributed by atoms with E-state index in [2.05, 4.69) is 5.32 Å². The lowest BCUT2D eigenvalue weighted by Gasteiger charge is -2.34. The first kappa shape index (κ1) is 22.8. The summed E-state index contributed by atoms with van der Waals surface area (Å²) in [6.45, 7) is 10.0. The summed E-state index contributed by atoms with van der Waals surface area (Å²) in [6, 6.07) is 5.54. The highest BCUT2D eigenvalue weighted by molar-refractivity contribution is 5.98. The van der Waals surface area contributed by atoms with Crippen LogP contribution in [0, 0.1) is 17.7 Å². The second-order valence-corrected chi connectivity index (χ2v) is 8.92. The maximum Gasteiger partial charge on any atom is 0.408 e.